The second-order valence-corrected chi connectivity index (χ2v) is 5.29. The number of aryl methyl sites for hydroxylation is 1. The van der Waals surface area contributed by atoms with E-state index in [2.05, 4.69) is 6.92 Å². The Bertz CT molecular complexity index is 344. The Morgan fingerprint density at radius 2 is 1.83 bits per heavy atom. The van der Waals surface area contributed by atoms with E-state index in [0.717, 1.165) is 12.3 Å². The summed E-state index contributed by atoms with van der Waals surface area (Å²) in [7, 11) is 0. The first-order chi connectivity index (χ1) is 8.74. The number of quaternary nitrogens is 1. The van der Waals surface area contributed by atoms with Gasteiger partial charge in [0.15, 0.2) is 0 Å². The molecule has 0 aliphatic carbocycles. The number of benzene rings is 1. The lowest BCUT2D eigenvalue weighted by molar-refractivity contribution is -0.908. The van der Waals surface area contributed by atoms with Gasteiger partial charge >= 0.3 is 0 Å². The monoisotopic (exact) mass is 250 g/mol. The van der Waals surface area contributed by atoms with Crippen LogP contribution in [0.5, 0.6) is 5.75 Å². The standard InChI is InChI=1S/C15H23NO2/c1-13-5-7-15(8-6-13)18-12-14(17)11-16-9-3-2-4-10-16/h5-8,14,17H,2-4,9-12H2,1H3/p+1/t14-/m0/s1. The van der Waals surface area contributed by atoms with Gasteiger partial charge < -0.3 is 14.7 Å². The molecule has 100 valence electrons. The molecular formula is C15H24NO2+. The van der Waals surface area contributed by atoms with Crippen LogP contribution >= 0.6 is 0 Å². The average Bonchev–Trinajstić information content (AvgIpc) is 2.39. The maximum Gasteiger partial charge on any atom is 0.137 e. The molecule has 1 heterocycles. The van der Waals surface area contributed by atoms with Gasteiger partial charge in [0.25, 0.3) is 0 Å². The summed E-state index contributed by atoms with van der Waals surface area (Å²) >= 11 is 0. The summed E-state index contributed by atoms with van der Waals surface area (Å²) in [5.41, 5.74) is 1.22. The molecule has 0 unspecified atom stereocenters. The number of hydrogen-bond donors (Lipinski definition) is 2. The minimum Gasteiger partial charge on any atom is -0.491 e. The summed E-state index contributed by atoms with van der Waals surface area (Å²) in [6, 6.07) is 7.96. The highest BCUT2D eigenvalue weighted by Crippen LogP contribution is 2.11. The smallest absolute Gasteiger partial charge is 0.137 e. The maximum absolute atomic E-state index is 9.97. The Kier molecular flexibility index (Phi) is 5.02. The largest absolute Gasteiger partial charge is 0.491 e. The van der Waals surface area contributed by atoms with Gasteiger partial charge in [0.1, 0.15) is 25.0 Å². The van der Waals surface area contributed by atoms with Crippen molar-refractivity contribution in [3.63, 3.8) is 0 Å². The highest BCUT2D eigenvalue weighted by atomic mass is 16.5. The van der Waals surface area contributed by atoms with Crippen molar-refractivity contribution in [2.75, 3.05) is 26.2 Å². The fourth-order valence-corrected chi connectivity index (χ4v) is 2.47. The van der Waals surface area contributed by atoms with Gasteiger partial charge in [-0.3, -0.25) is 0 Å². The summed E-state index contributed by atoms with van der Waals surface area (Å²) in [4.78, 5) is 1.52. The first kappa shape index (κ1) is 13.4. The molecule has 1 saturated heterocycles. The molecule has 1 aromatic carbocycles. The van der Waals surface area contributed by atoms with E-state index >= 15 is 0 Å². The van der Waals surface area contributed by atoms with E-state index in [9.17, 15) is 5.11 Å². The third kappa shape index (κ3) is 4.31. The molecule has 0 bridgehead atoms. The summed E-state index contributed by atoms with van der Waals surface area (Å²) in [5, 5.41) is 9.97. The molecule has 3 nitrogen and oxygen atoms in total. The summed E-state index contributed by atoms with van der Waals surface area (Å²) < 4.78 is 5.60. The average molecular weight is 250 g/mol. The Hall–Kier alpha value is -1.06. The van der Waals surface area contributed by atoms with Gasteiger partial charge in [0, 0.05) is 0 Å². The molecule has 1 aliphatic heterocycles. The second kappa shape index (κ2) is 6.76. The van der Waals surface area contributed by atoms with Crippen molar-refractivity contribution in [1.82, 2.24) is 0 Å². The van der Waals surface area contributed by atoms with E-state index in [1.54, 1.807) is 0 Å². The van der Waals surface area contributed by atoms with Crippen molar-refractivity contribution >= 4 is 0 Å². The molecule has 0 amide bonds. The predicted octanol–water partition coefficient (Wildman–Crippen LogP) is 0.804. The quantitative estimate of drug-likeness (QED) is 0.810. The van der Waals surface area contributed by atoms with Crippen LogP contribution in [0.2, 0.25) is 0 Å². The maximum atomic E-state index is 9.97. The van der Waals surface area contributed by atoms with Crippen LogP contribution in [0.1, 0.15) is 24.8 Å². The zero-order valence-corrected chi connectivity index (χ0v) is 11.2. The van der Waals surface area contributed by atoms with Crippen molar-refractivity contribution in [3.05, 3.63) is 29.8 Å². The van der Waals surface area contributed by atoms with Crippen LogP contribution in [0.4, 0.5) is 0 Å². The summed E-state index contributed by atoms with van der Waals surface area (Å²) in [6.07, 6.45) is 3.57. The van der Waals surface area contributed by atoms with E-state index in [1.807, 2.05) is 24.3 Å². The number of aliphatic hydroxyl groups excluding tert-OH is 1. The van der Waals surface area contributed by atoms with Gasteiger partial charge in [-0.2, -0.15) is 0 Å². The van der Waals surface area contributed by atoms with Crippen LogP contribution in [0, 0.1) is 6.92 Å². The fraction of sp³-hybridized carbons (Fsp3) is 0.600. The molecule has 2 rings (SSSR count). The van der Waals surface area contributed by atoms with E-state index in [0.29, 0.717) is 6.61 Å². The molecular weight excluding hydrogens is 226 g/mol. The molecule has 0 radical (unpaired) electrons. The molecule has 0 saturated carbocycles. The highest BCUT2D eigenvalue weighted by molar-refractivity contribution is 5.26. The number of piperidine rings is 1. The van der Waals surface area contributed by atoms with Gasteiger partial charge in [-0.1, -0.05) is 17.7 Å². The van der Waals surface area contributed by atoms with Crippen molar-refractivity contribution in [1.29, 1.82) is 0 Å². The molecule has 0 aromatic heterocycles. The molecule has 2 N–H and O–H groups in total. The van der Waals surface area contributed by atoms with Gasteiger partial charge in [0.05, 0.1) is 13.1 Å². The summed E-state index contributed by atoms with van der Waals surface area (Å²) in [6.45, 7) is 5.65. The minimum absolute atomic E-state index is 0.362. The lowest BCUT2D eigenvalue weighted by atomic mass is 10.1. The van der Waals surface area contributed by atoms with Crippen LogP contribution in [-0.4, -0.2) is 37.5 Å². The van der Waals surface area contributed by atoms with Gasteiger partial charge in [-0.15, -0.1) is 0 Å². The van der Waals surface area contributed by atoms with E-state index < -0.39 is 0 Å². The van der Waals surface area contributed by atoms with E-state index in [4.69, 9.17) is 4.74 Å². The van der Waals surface area contributed by atoms with Crippen LogP contribution in [0.25, 0.3) is 0 Å². The fourth-order valence-electron chi connectivity index (χ4n) is 2.47. The first-order valence-electron chi connectivity index (χ1n) is 6.95. The van der Waals surface area contributed by atoms with Crippen LogP contribution in [0.15, 0.2) is 24.3 Å². The number of nitrogens with one attached hydrogen (secondary N) is 1. The number of hydrogen-bond acceptors (Lipinski definition) is 2. The molecule has 18 heavy (non-hydrogen) atoms. The zero-order chi connectivity index (χ0) is 12.8. The number of rotatable bonds is 5. The Balaban J connectivity index is 1.70. The lowest BCUT2D eigenvalue weighted by Gasteiger charge is -2.25. The number of ether oxygens (including phenoxy) is 1. The van der Waals surface area contributed by atoms with Crippen molar-refractivity contribution < 1.29 is 14.7 Å². The van der Waals surface area contributed by atoms with E-state index in [1.165, 1.54) is 42.8 Å². The lowest BCUT2D eigenvalue weighted by Crippen LogP contribution is -3.14. The predicted molar refractivity (Wildman–Crippen MR) is 72.1 cm³/mol. The minimum atomic E-state index is -0.362. The molecule has 0 spiro atoms. The second-order valence-electron chi connectivity index (χ2n) is 5.29. The normalized spacial score (nSPS) is 18.6. The Morgan fingerprint density at radius 3 is 2.50 bits per heavy atom. The van der Waals surface area contributed by atoms with Gasteiger partial charge in [-0.05, 0) is 38.3 Å². The molecule has 1 atom stereocenters. The van der Waals surface area contributed by atoms with E-state index in [-0.39, 0.29) is 6.10 Å². The molecule has 1 fully saturated rings. The third-order valence-corrected chi connectivity index (χ3v) is 3.55. The van der Waals surface area contributed by atoms with Crippen LogP contribution in [0.3, 0.4) is 0 Å². The SMILES string of the molecule is Cc1ccc(OC[C@@H](O)C[NH+]2CCCCC2)cc1. The van der Waals surface area contributed by atoms with Crippen LogP contribution in [-0.2, 0) is 0 Å². The van der Waals surface area contributed by atoms with Gasteiger partial charge in [0.2, 0.25) is 0 Å². The van der Waals surface area contributed by atoms with Crippen molar-refractivity contribution in [2.45, 2.75) is 32.3 Å². The number of likely N-dealkylation sites (tertiary alicyclic amines) is 1. The van der Waals surface area contributed by atoms with Crippen molar-refractivity contribution in [2.24, 2.45) is 0 Å². The Morgan fingerprint density at radius 1 is 1.17 bits per heavy atom. The molecule has 1 aromatic rings. The number of aliphatic hydroxyl groups is 1. The van der Waals surface area contributed by atoms with Gasteiger partial charge in [-0.25, -0.2) is 0 Å². The topological polar surface area (TPSA) is 33.9 Å². The molecule has 1 aliphatic rings. The molecule has 3 heteroatoms. The first-order valence-corrected chi connectivity index (χ1v) is 6.95. The summed E-state index contributed by atoms with van der Waals surface area (Å²) in [5.74, 6) is 0.841. The van der Waals surface area contributed by atoms with Crippen molar-refractivity contribution in [3.8, 4) is 5.75 Å². The highest BCUT2D eigenvalue weighted by Gasteiger charge is 2.18. The third-order valence-electron chi connectivity index (χ3n) is 3.55. The zero-order valence-electron chi connectivity index (χ0n) is 11.2. The van der Waals surface area contributed by atoms with Crippen LogP contribution < -0.4 is 9.64 Å². The Labute approximate surface area is 109 Å².